The second-order valence-electron chi connectivity index (χ2n) is 3.21. The summed E-state index contributed by atoms with van der Waals surface area (Å²) in [6.45, 7) is 6.74. The molecule has 0 unspecified atom stereocenters. The minimum absolute atomic E-state index is 0.636. The van der Waals surface area contributed by atoms with Crippen molar-refractivity contribution in [2.45, 2.75) is 32.4 Å². The van der Waals surface area contributed by atoms with E-state index in [4.69, 9.17) is 20.3 Å². The summed E-state index contributed by atoms with van der Waals surface area (Å²) in [6.07, 6.45) is 0.965. The van der Waals surface area contributed by atoms with Crippen molar-refractivity contribution in [2.75, 3.05) is 26.3 Å². The summed E-state index contributed by atoms with van der Waals surface area (Å²) in [5.41, 5.74) is 11.1. The maximum atomic E-state index is 5.79. The van der Waals surface area contributed by atoms with Crippen LogP contribution in [-0.2, 0) is 8.85 Å². The molecule has 0 aromatic rings. The zero-order valence-corrected chi connectivity index (χ0v) is 10.4. The van der Waals surface area contributed by atoms with Crippen LogP contribution in [-0.4, -0.2) is 34.9 Å². The molecule has 0 bridgehead atoms. The van der Waals surface area contributed by atoms with E-state index in [1.165, 1.54) is 0 Å². The number of rotatable bonds is 9. The molecular weight excluding hydrogens is 196 g/mol. The first kappa shape index (κ1) is 14.1. The van der Waals surface area contributed by atoms with E-state index in [0.29, 0.717) is 26.3 Å². The third-order valence-corrected chi connectivity index (χ3v) is 5.90. The summed E-state index contributed by atoms with van der Waals surface area (Å²) >= 11 is 0. The fourth-order valence-corrected chi connectivity index (χ4v) is 4.72. The van der Waals surface area contributed by atoms with E-state index in [1.807, 2.05) is 13.8 Å². The quantitative estimate of drug-likeness (QED) is 0.564. The standard InChI is InChI=1S/C9H24N2O2Si/c1-3-12-14(9-7-11,13-4-2)8-5-6-10/h3-11H2,1-2H3. The zero-order valence-electron chi connectivity index (χ0n) is 9.42. The highest BCUT2D eigenvalue weighted by atomic mass is 28.4. The van der Waals surface area contributed by atoms with Crippen LogP contribution in [0.2, 0.25) is 12.1 Å². The van der Waals surface area contributed by atoms with Gasteiger partial charge in [-0.25, -0.2) is 0 Å². The molecule has 0 rings (SSSR count). The van der Waals surface area contributed by atoms with E-state index in [1.54, 1.807) is 0 Å². The van der Waals surface area contributed by atoms with Crippen molar-refractivity contribution >= 4 is 8.56 Å². The second-order valence-corrected chi connectivity index (χ2v) is 6.61. The van der Waals surface area contributed by atoms with Gasteiger partial charge in [0.25, 0.3) is 0 Å². The average Bonchev–Trinajstić information content (AvgIpc) is 2.16. The molecule has 0 amide bonds. The lowest BCUT2D eigenvalue weighted by molar-refractivity contribution is 0.182. The molecule has 4 nitrogen and oxygen atoms in total. The molecule has 0 aliphatic rings. The van der Waals surface area contributed by atoms with Gasteiger partial charge in [-0.3, -0.25) is 0 Å². The lowest BCUT2D eigenvalue weighted by Crippen LogP contribution is -2.44. The minimum Gasteiger partial charge on any atom is -0.394 e. The molecule has 0 spiro atoms. The molecule has 86 valence electrons. The van der Waals surface area contributed by atoms with E-state index >= 15 is 0 Å². The predicted molar refractivity (Wildman–Crippen MR) is 61.3 cm³/mol. The average molecular weight is 220 g/mol. The Morgan fingerprint density at radius 3 is 1.86 bits per heavy atom. The summed E-state index contributed by atoms with van der Waals surface area (Å²) in [5, 5.41) is 0. The van der Waals surface area contributed by atoms with Gasteiger partial charge < -0.3 is 20.3 Å². The second kappa shape index (κ2) is 8.37. The van der Waals surface area contributed by atoms with Crippen molar-refractivity contribution in [1.82, 2.24) is 0 Å². The zero-order chi connectivity index (χ0) is 10.9. The molecule has 0 aromatic carbocycles. The molecule has 0 heterocycles. The Kier molecular flexibility index (Phi) is 8.41. The van der Waals surface area contributed by atoms with Crippen LogP contribution in [0.1, 0.15) is 20.3 Å². The highest BCUT2D eigenvalue weighted by Crippen LogP contribution is 2.20. The maximum Gasteiger partial charge on any atom is 0.339 e. The van der Waals surface area contributed by atoms with Gasteiger partial charge in [0, 0.05) is 19.3 Å². The molecule has 0 radical (unpaired) electrons. The summed E-state index contributed by atoms with van der Waals surface area (Å²) in [6, 6.07) is 1.83. The van der Waals surface area contributed by atoms with E-state index in [-0.39, 0.29) is 0 Å². The van der Waals surface area contributed by atoms with Crippen LogP contribution in [0.5, 0.6) is 0 Å². The largest absolute Gasteiger partial charge is 0.394 e. The van der Waals surface area contributed by atoms with Crippen LogP contribution in [0.4, 0.5) is 0 Å². The van der Waals surface area contributed by atoms with E-state index in [0.717, 1.165) is 18.5 Å². The van der Waals surface area contributed by atoms with Crippen molar-refractivity contribution in [2.24, 2.45) is 11.5 Å². The molecule has 0 aromatic heterocycles. The van der Waals surface area contributed by atoms with Crippen LogP contribution in [0.3, 0.4) is 0 Å². The number of hydrogen-bond donors (Lipinski definition) is 2. The molecular formula is C9H24N2O2Si. The van der Waals surface area contributed by atoms with Gasteiger partial charge in [0.1, 0.15) is 0 Å². The molecule has 0 aliphatic carbocycles. The van der Waals surface area contributed by atoms with E-state index in [9.17, 15) is 0 Å². The molecule has 0 saturated heterocycles. The highest BCUT2D eigenvalue weighted by Gasteiger charge is 2.35. The Morgan fingerprint density at radius 2 is 1.50 bits per heavy atom. The molecule has 0 atom stereocenters. The smallest absolute Gasteiger partial charge is 0.339 e. The molecule has 5 heteroatoms. The Hall–Kier alpha value is 0.0569. The molecule has 4 N–H and O–H groups in total. The lowest BCUT2D eigenvalue weighted by Gasteiger charge is -2.29. The van der Waals surface area contributed by atoms with Crippen LogP contribution < -0.4 is 11.5 Å². The Balaban J connectivity index is 4.21. The highest BCUT2D eigenvalue weighted by molar-refractivity contribution is 6.67. The molecule has 14 heavy (non-hydrogen) atoms. The first-order valence-corrected chi connectivity index (χ1v) is 7.65. The van der Waals surface area contributed by atoms with Gasteiger partial charge in [0.15, 0.2) is 0 Å². The van der Waals surface area contributed by atoms with E-state index in [2.05, 4.69) is 0 Å². The SMILES string of the molecule is CCO[Si](CCN)(CCCN)OCC. The number of hydrogen-bond acceptors (Lipinski definition) is 4. The molecule has 0 aliphatic heterocycles. The molecule has 0 fully saturated rings. The van der Waals surface area contributed by atoms with Crippen LogP contribution in [0, 0.1) is 0 Å². The van der Waals surface area contributed by atoms with Crippen LogP contribution in [0.25, 0.3) is 0 Å². The summed E-state index contributed by atoms with van der Waals surface area (Å²) in [5.74, 6) is 0. The van der Waals surface area contributed by atoms with Gasteiger partial charge in [-0.05, 0) is 39.4 Å². The number of nitrogens with two attached hydrogens (primary N) is 2. The van der Waals surface area contributed by atoms with Crippen LogP contribution in [0.15, 0.2) is 0 Å². The summed E-state index contributed by atoms with van der Waals surface area (Å²) in [4.78, 5) is 0. The van der Waals surface area contributed by atoms with Gasteiger partial charge in [0.2, 0.25) is 0 Å². The monoisotopic (exact) mass is 220 g/mol. The molecule has 0 saturated carbocycles. The maximum absolute atomic E-state index is 5.79. The van der Waals surface area contributed by atoms with Gasteiger partial charge in [-0.1, -0.05) is 0 Å². The predicted octanol–water partition coefficient (Wildman–Crippen LogP) is 0.809. The fraction of sp³-hybridized carbons (Fsp3) is 1.00. The first-order chi connectivity index (χ1) is 6.74. The van der Waals surface area contributed by atoms with Gasteiger partial charge in [-0.15, -0.1) is 0 Å². The summed E-state index contributed by atoms with van der Waals surface area (Å²) < 4.78 is 11.6. The lowest BCUT2D eigenvalue weighted by atomic mass is 10.5. The topological polar surface area (TPSA) is 70.5 Å². The van der Waals surface area contributed by atoms with Crippen molar-refractivity contribution < 1.29 is 8.85 Å². The fourth-order valence-electron chi connectivity index (χ4n) is 1.57. The van der Waals surface area contributed by atoms with Gasteiger partial charge in [-0.2, -0.15) is 0 Å². The Bertz CT molecular complexity index is 119. The van der Waals surface area contributed by atoms with Crippen molar-refractivity contribution in [3.05, 3.63) is 0 Å². The van der Waals surface area contributed by atoms with Gasteiger partial charge in [0.05, 0.1) is 0 Å². The van der Waals surface area contributed by atoms with Crippen molar-refractivity contribution in [3.8, 4) is 0 Å². The minimum atomic E-state index is -2.02. The Morgan fingerprint density at radius 1 is 0.929 bits per heavy atom. The third-order valence-electron chi connectivity index (χ3n) is 2.10. The summed E-state index contributed by atoms with van der Waals surface area (Å²) in [7, 11) is -2.02. The van der Waals surface area contributed by atoms with E-state index < -0.39 is 8.56 Å². The third kappa shape index (κ3) is 5.07. The first-order valence-electron chi connectivity index (χ1n) is 5.42. The van der Waals surface area contributed by atoms with Crippen molar-refractivity contribution in [1.29, 1.82) is 0 Å². The van der Waals surface area contributed by atoms with Crippen LogP contribution >= 0.6 is 0 Å². The van der Waals surface area contributed by atoms with Gasteiger partial charge >= 0.3 is 8.56 Å². The normalized spacial score (nSPS) is 12.0. The Labute approximate surface area is 88.2 Å². The van der Waals surface area contributed by atoms with Crippen molar-refractivity contribution in [3.63, 3.8) is 0 Å².